The van der Waals surface area contributed by atoms with Gasteiger partial charge >= 0.3 is 12.0 Å². The second-order valence-electron chi connectivity index (χ2n) is 5.51. The Hall–Kier alpha value is -1.30. The first-order chi connectivity index (χ1) is 8.92. The number of urea groups is 1. The lowest BCUT2D eigenvalue weighted by atomic mass is 10.0. The van der Waals surface area contributed by atoms with Crippen molar-refractivity contribution >= 4 is 12.0 Å². The van der Waals surface area contributed by atoms with Crippen molar-refractivity contribution in [3.8, 4) is 0 Å². The molecular weight excluding hydrogens is 248 g/mol. The molecule has 0 bridgehead atoms. The van der Waals surface area contributed by atoms with E-state index >= 15 is 0 Å². The van der Waals surface area contributed by atoms with Crippen LogP contribution in [0.25, 0.3) is 0 Å². The minimum absolute atomic E-state index is 0.0680. The molecule has 2 amide bonds. The van der Waals surface area contributed by atoms with Gasteiger partial charge in [0.1, 0.15) is 6.04 Å². The molecular formula is C13H24N2O4. The van der Waals surface area contributed by atoms with Gasteiger partial charge in [0.05, 0.1) is 6.10 Å². The van der Waals surface area contributed by atoms with Gasteiger partial charge in [-0.25, -0.2) is 9.59 Å². The Morgan fingerprint density at radius 3 is 2.53 bits per heavy atom. The van der Waals surface area contributed by atoms with Crippen LogP contribution in [0.15, 0.2) is 0 Å². The van der Waals surface area contributed by atoms with Gasteiger partial charge in [-0.3, -0.25) is 0 Å². The first-order valence-electron chi connectivity index (χ1n) is 6.75. The third-order valence-corrected chi connectivity index (χ3v) is 3.36. The maximum Gasteiger partial charge on any atom is 0.326 e. The van der Waals surface area contributed by atoms with Crippen LogP contribution < -0.4 is 10.6 Å². The number of ether oxygens (including phenoxy) is 1. The van der Waals surface area contributed by atoms with Crippen LogP contribution in [0.5, 0.6) is 0 Å². The van der Waals surface area contributed by atoms with Crippen molar-refractivity contribution in [2.24, 2.45) is 5.92 Å². The number of aliphatic carboxylic acids is 1. The van der Waals surface area contributed by atoms with Gasteiger partial charge in [-0.15, -0.1) is 0 Å². The monoisotopic (exact) mass is 272 g/mol. The summed E-state index contributed by atoms with van der Waals surface area (Å²) in [7, 11) is 1.66. The minimum atomic E-state index is -0.995. The zero-order chi connectivity index (χ0) is 14.4. The van der Waals surface area contributed by atoms with Gasteiger partial charge < -0.3 is 20.5 Å². The second kappa shape index (κ2) is 7.33. The van der Waals surface area contributed by atoms with Crippen LogP contribution in [0.3, 0.4) is 0 Å². The summed E-state index contributed by atoms with van der Waals surface area (Å²) < 4.78 is 5.23. The number of amides is 2. The van der Waals surface area contributed by atoms with E-state index in [4.69, 9.17) is 9.84 Å². The van der Waals surface area contributed by atoms with Gasteiger partial charge in [0.2, 0.25) is 0 Å². The quantitative estimate of drug-likeness (QED) is 0.681. The highest BCUT2D eigenvalue weighted by Gasteiger charge is 2.27. The van der Waals surface area contributed by atoms with E-state index in [1.54, 1.807) is 7.11 Å². The fourth-order valence-electron chi connectivity index (χ4n) is 2.36. The molecule has 6 heteroatoms. The molecule has 0 aromatic heterocycles. The van der Waals surface area contributed by atoms with Gasteiger partial charge in [-0.1, -0.05) is 13.8 Å². The van der Waals surface area contributed by atoms with E-state index in [9.17, 15) is 9.59 Å². The zero-order valence-electron chi connectivity index (χ0n) is 11.8. The molecule has 0 heterocycles. The molecule has 3 unspecified atom stereocenters. The highest BCUT2D eigenvalue weighted by atomic mass is 16.5. The Kier molecular flexibility index (Phi) is 6.08. The Bertz CT molecular complexity index is 320. The predicted molar refractivity (Wildman–Crippen MR) is 71.0 cm³/mol. The number of carboxylic acid groups (broad SMARTS) is 1. The van der Waals surface area contributed by atoms with Crippen LogP contribution in [-0.2, 0) is 9.53 Å². The molecule has 6 nitrogen and oxygen atoms in total. The summed E-state index contributed by atoms with van der Waals surface area (Å²) >= 11 is 0. The summed E-state index contributed by atoms with van der Waals surface area (Å²) in [6.45, 7) is 3.85. The highest BCUT2D eigenvalue weighted by molar-refractivity contribution is 5.82. The number of rotatable bonds is 6. The van der Waals surface area contributed by atoms with Crippen molar-refractivity contribution in [1.29, 1.82) is 0 Å². The third kappa shape index (κ3) is 5.46. The Balaban J connectivity index is 2.38. The fraction of sp³-hybridized carbons (Fsp3) is 0.846. The standard InChI is InChI=1S/C13H24N2O4/c1-8(2)6-11(12(16)17)15-13(18)14-9-4-5-10(7-9)19-3/h8-11H,4-7H2,1-3H3,(H,16,17)(H2,14,15,18). The topological polar surface area (TPSA) is 87.7 Å². The van der Waals surface area contributed by atoms with Crippen LogP contribution in [0.4, 0.5) is 4.79 Å². The van der Waals surface area contributed by atoms with Crippen molar-refractivity contribution in [1.82, 2.24) is 10.6 Å². The summed E-state index contributed by atoms with van der Waals surface area (Å²) in [5, 5.41) is 14.4. The normalized spacial score (nSPS) is 24.2. The first-order valence-corrected chi connectivity index (χ1v) is 6.75. The molecule has 0 aromatic rings. The van der Waals surface area contributed by atoms with Crippen molar-refractivity contribution in [2.45, 2.75) is 57.7 Å². The number of carbonyl (C=O) groups excluding carboxylic acids is 1. The predicted octanol–water partition coefficient (Wildman–Crippen LogP) is 1.35. The molecule has 19 heavy (non-hydrogen) atoms. The van der Waals surface area contributed by atoms with Crippen LogP contribution in [0.1, 0.15) is 39.5 Å². The maximum absolute atomic E-state index is 11.8. The van der Waals surface area contributed by atoms with E-state index in [-0.39, 0.29) is 18.1 Å². The third-order valence-electron chi connectivity index (χ3n) is 3.36. The lowest BCUT2D eigenvalue weighted by Crippen LogP contribution is -2.49. The molecule has 3 atom stereocenters. The van der Waals surface area contributed by atoms with Gasteiger partial charge in [0, 0.05) is 13.2 Å². The number of methoxy groups -OCH3 is 1. The molecule has 0 aliphatic heterocycles. The first kappa shape index (κ1) is 15.8. The lowest BCUT2D eigenvalue weighted by Gasteiger charge is -2.19. The molecule has 3 N–H and O–H groups in total. The number of hydrogen-bond donors (Lipinski definition) is 3. The summed E-state index contributed by atoms with van der Waals surface area (Å²) in [6.07, 6.45) is 3.19. The van der Waals surface area contributed by atoms with Crippen molar-refractivity contribution in [2.75, 3.05) is 7.11 Å². The summed E-state index contributed by atoms with van der Waals surface area (Å²) in [4.78, 5) is 22.8. The van der Waals surface area contributed by atoms with Gasteiger partial charge in [-0.2, -0.15) is 0 Å². The Morgan fingerprint density at radius 2 is 2.05 bits per heavy atom. The molecule has 1 aliphatic carbocycles. The molecule has 0 spiro atoms. The highest BCUT2D eigenvalue weighted by Crippen LogP contribution is 2.21. The van der Waals surface area contributed by atoms with E-state index in [2.05, 4.69) is 10.6 Å². The molecule has 1 rings (SSSR count). The summed E-state index contributed by atoms with van der Waals surface area (Å²) in [5.41, 5.74) is 0. The number of carboxylic acids is 1. The molecule has 1 saturated carbocycles. The molecule has 0 saturated heterocycles. The average molecular weight is 272 g/mol. The van der Waals surface area contributed by atoms with Crippen LogP contribution in [-0.4, -0.2) is 42.4 Å². The maximum atomic E-state index is 11.8. The van der Waals surface area contributed by atoms with E-state index in [1.165, 1.54) is 0 Å². The number of hydrogen-bond acceptors (Lipinski definition) is 3. The Labute approximate surface area is 113 Å². The van der Waals surface area contributed by atoms with Crippen LogP contribution >= 0.6 is 0 Å². The minimum Gasteiger partial charge on any atom is -0.480 e. The molecule has 110 valence electrons. The van der Waals surface area contributed by atoms with E-state index < -0.39 is 18.0 Å². The molecule has 1 aliphatic rings. The van der Waals surface area contributed by atoms with Crippen molar-refractivity contribution < 1.29 is 19.4 Å². The largest absolute Gasteiger partial charge is 0.480 e. The molecule has 1 fully saturated rings. The lowest BCUT2D eigenvalue weighted by molar-refractivity contribution is -0.139. The SMILES string of the molecule is COC1CCC(NC(=O)NC(CC(C)C)C(=O)O)C1. The van der Waals surface area contributed by atoms with E-state index in [0.717, 1.165) is 19.3 Å². The summed E-state index contributed by atoms with van der Waals surface area (Å²) in [6, 6.07) is -1.17. The summed E-state index contributed by atoms with van der Waals surface area (Å²) in [5.74, 6) is -0.782. The fourth-order valence-corrected chi connectivity index (χ4v) is 2.36. The smallest absolute Gasteiger partial charge is 0.326 e. The molecule has 0 radical (unpaired) electrons. The zero-order valence-corrected chi connectivity index (χ0v) is 11.8. The van der Waals surface area contributed by atoms with Gasteiger partial charge in [-0.05, 0) is 31.6 Å². The molecule has 0 aromatic carbocycles. The Morgan fingerprint density at radius 1 is 1.37 bits per heavy atom. The van der Waals surface area contributed by atoms with Crippen molar-refractivity contribution in [3.63, 3.8) is 0 Å². The van der Waals surface area contributed by atoms with E-state index in [0.29, 0.717) is 6.42 Å². The van der Waals surface area contributed by atoms with Gasteiger partial charge in [0.15, 0.2) is 0 Å². The van der Waals surface area contributed by atoms with E-state index in [1.807, 2.05) is 13.8 Å². The van der Waals surface area contributed by atoms with Gasteiger partial charge in [0.25, 0.3) is 0 Å². The van der Waals surface area contributed by atoms with Crippen LogP contribution in [0.2, 0.25) is 0 Å². The average Bonchev–Trinajstić information content (AvgIpc) is 2.75. The number of nitrogens with one attached hydrogen (secondary N) is 2. The second-order valence-corrected chi connectivity index (χ2v) is 5.51. The number of carbonyl (C=O) groups is 2. The van der Waals surface area contributed by atoms with Crippen molar-refractivity contribution in [3.05, 3.63) is 0 Å². The van der Waals surface area contributed by atoms with Crippen LogP contribution in [0, 0.1) is 5.92 Å².